The van der Waals surface area contributed by atoms with Crippen molar-refractivity contribution < 1.29 is 14.3 Å². The van der Waals surface area contributed by atoms with Crippen LogP contribution >= 0.6 is 0 Å². The molecule has 186 valence electrons. The van der Waals surface area contributed by atoms with Crippen LogP contribution in [0.3, 0.4) is 0 Å². The molecule has 1 aliphatic rings. The number of anilines is 1. The average molecular weight is 495 g/mol. The average Bonchev–Trinajstić information content (AvgIpc) is 2.97. The van der Waals surface area contributed by atoms with Crippen LogP contribution in [0.2, 0.25) is 0 Å². The molecule has 0 radical (unpaired) electrons. The smallest absolute Gasteiger partial charge is 0.316 e. The second-order valence-corrected chi connectivity index (χ2v) is 8.67. The zero-order valence-electron chi connectivity index (χ0n) is 20.2. The molecule has 0 atom stereocenters. The van der Waals surface area contributed by atoms with Crippen molar-refractivity contribution in [3.8, 4) is 11.4 Å². The van der Waals surface area contributed by atoms with E-state index < -0.39 is 0 Å². The fourth-order valence-electron chi connectivity index (χ4n) is 4.39. The monoisotopic (exact) mass is 494 g/mol. The second kappa shape index (κ2) is 10.9. The highest BCUT2D eigenvalue weighted by Crippen LogP contribution is 2.27. The molecule has 37 heavy (non-hydrogen) atoms. The maximum Gasteiger partial charge on any atom is 0.316 e. The summed E-state index contributed by atoms with van der Waals surface area (Å²) in [6.45, 7) is 2.10. The highest BCUT2D eigenvalue weighted by atomic mass is 16.5. The molecule has 8 nitrogen and oxygen atoms in total. The van der Waals surface area contributed by atoms with E-state index in [0.717, 1.165) is 5.56 Å². The van der Waals surface area contributed by atoms with Gasteiger partial charge in [-0.25, -0.2) is 0 Å². The van der Waals surface area contributed by atoms with Crippen molar-refractivity contribution >= 4 is 17.9 Å². The minimum absolute atomic E-state index is 0.180. The molecule has 1 saturated heterocycles. The highest BCUT2D eigenvalue weighted by molar-refractivity contribution is 6.01. The van der Waals surface area contributed by atoms with Crippen molar-refractivity contribution in [2.45, 2.75) is 6.61 Å². The van der Waals surface area contributed by atoms with Gasteiger partial charge in [0.1, 0.15) is 12.3 Å². The van der Waals surface area contributed by atoms with E-state index in [2.05, 4.69) is 5.10 Å². The summed E-state index contributed by atoms with van der Waals surface area (Å²) >= 11 is 0. The molecule has 1 aliphatic heterocycles. The number of ether oxygens (including phenoxy) is 1. The SMILES string of the molecule is O=Cc1ccccc1C(=O)N1CCN(c2cnn(-c3ccccc3)c(=O)c2OCc2ccccc2)CC1. The number of hydrogen-bond donors (Lipinski definition) is 0. The highest BCUT2D eigenvalue weighted by Gasteiger charge is 2.27. The first-order chi connectivity index (χ1) is 18.2. The Morgan fingerprint density at radius 3 is 2.22 bits per heavy atom. The van der Waals surface area contributed by atoms with Gasteiger partial charge >= 0.3 is 5.56 Å². The van der Waals surface area contributed by atoms with E-state index in [1.165, 1.54) is 4.68 Å². The standard InChI is InChI=1S/C29H26N4O4/c34-20-23-11-7-8-14-25(23)28(35)32-17-15-31(16-18-32)26-19-30-33(24-12-5-2-6-13-24)29(36)27(26)37-21-22-9-3-1-4-10-22/h1-14,19-20H,15-18,21H2. The lowest BCUT2D eigenvalue weighted by Gasteiger charge is -2.36. The summed E-state index contributed by atoms with van der Waals surface area (Å²) in [5.41, 5.74) is 2.60. The number of piperazine rings is 1. The molecule has 0 unspecified atom stereocenters. The first-order valence-corrected chi connectivity index (χ1v) is 12.1. The van der Waals surface area contributed by atoms with Gasteiger partial charge in [-0.1, -0.05) is 66.7 Å². The zero-order valence-corrected chi connectivity index (χ0v) is 20.2. The van der Waals surface area contributed by atoms with E-state index in [1.54, 1.807) is 35.4 Å². The number of nitrogens with zero attached hydrogens (tertiary/aromatic N) is 4. The first-order valence-electron chi connectivity index (χ1n) is 12.1. The minimum Gasteiger partial charge on any atom is -0.481 e. The van der Waals surface area contributed by atoms with Gasteiger partial charge in [-0.2, -0.15) is 9.78 Å². The van der Waals surface area contributed by atoms with E-state index in [9.17, 15) is 14.4 Å². The molecule has 0 N–H and O–H groups in total. The third-order valence-electron chi connectivity index (χ3n) is 6.37. The Morgan fingerprint density at radius 2 is 1.51 bits per heavy atom. The number of rotatable bonds is 7. The molecule has 8 heteroatoms. The fraction of sp³-hybridized carbons (Fsp3) is 0.172. The third kappa shape index (κ3) is 5.13. The van der Waals surface area contributed by atoms with E-state index in [4.69, 9.17) is 4.74 Å². The molecular formula is C29H26N4O4. The van der Waals surface area contributed by atoms with Crippen LogP contribution in [0, 0.1) is 0 Å². The number of aromatic nitrogens is 2. The molecular weight excluding hydrogens is 468 g/mol. The van der Waals surface area contributed by atoms with Crippen LogP contribution in [0.25, 0.3) is 5.69 Å². The van der Waals surface area contributed by atoms with Crippen LogP contribution in [0.1, 0.15) is 26.3 Å². The van der Waals surface area contributed by atoms with E-state index >= 15 is 0 Å². The molecule has 1 amide bonds. The predicted octanol–water partition coefficient (Wildman–Crippen LogP) is 3.59. The van der Waals surface area contributed by atoms with Crippen molar-refractivity contribution in [2.75, 3.05) is 31.1 Å². The number of carbonyl (C=O) groups is 2. The Bertz CT molecular complexity index is 1450. The Morgan fingerprint density at radius 1 is 0.865 bits per heavy atom. The second-order valence-electron chi connectivity index (χ2n) is 8.67. The van der Waals surface area contributed by atoms with Gasteiger partial charge in [-0.3, -0.25) is 14.4 Å². The van der Waals surface area contributed by atoms with Gasteiger partial charge in [0.2, 0.25) is 5.75 Å². The van der Waals surface area contributed by atoms with Crippen LogP contribution in [-0.4, -0.2) is 53.1 Å². The molecule has 0 aliphatic carbocycles. The number of para-hydroxylation sites is 1. The molecule has 3 aromatic carbocycles. The number of aldehydes is 1. The molecule has 1 fully saturated rings. The summed E-state index contributed by atoms with van der Waals surface area (Å²) in [6.07, 6.45) is 2.35. The van der Waals surface area contributed by atoms with E-state index in [0.29, 0.717) is 55.0 Å². The van der Waals surface area contributed by atoms with Gasteiger partial charge in [0.25, 0.3) is 5.91 Å². The van der Waals surface area contributed by atoms with Crippen LogP contribution in [0.15, 0.2) is 95.9 Å². The lowest BCUT2D eigenvalue weighted by molar-refractivity contribution is 0.0743. The van der Waals surface area contributed by atoms with Gasteiger partial charge in [0.15, 0.2) is 6.29 Å². The molecule has 4 aromatic rings. The van der Waals surface area contributed by atoms with Crippen LogP contribution in [0.4, 0.5) is 5.69 Å². The lowest BCUT2D eigenvalue weighted by Crippen LogP contribution is -2.49. The Labute approximate surface area is 214 Å². The van der Waals surface area contributed by atoms with Crippen molar-refractivity contribution in [1.29, 1.82) is 0 Å². The van der Waals surface area contributed by atoms with E-state index in [-0.39, 0.29) is 23.8 Å². The quantitative estimate of drug-likeness (QED) is 0.365. The molecule has 0 bridgehead atoms. The Balaban J connectivity index is 1.40. The number of carbonyl (C=O) groups excluding carboxylic acids is 2. The zero-order chi connectivity index (χ0) is 25.6. The number of benzene rings is 3. The molecule has 0 saturated carbocycles. The summed E-state index contributed by atoms with van der Waals surface area (Å²) in [5.74, 6) is 0.0364. The van der Waals surface area contributed by atoms with Crippen LogP contribution in [0.5, 0.6) is 5.75 Å². The summed E-state index contributed by atoms with van der Waals surface area (Å²) in [5, 5.41) is 4.43. The van der Waals surface area contributed by atoms with Gasteiger partial charge in [0.05, 0.1) is 17.4 Å². The molecule has 2 heterocycles. The maximum absolute atomic E-state index is 13.5. The minimum atomic E-state index is -0.349. The van der Waals surface area contributed by atoms with Gasteiger partial charge in [0, 0.05) is 31.7 Å². The molecule has 1 aromatic heterocycles. The third-order valence-corrected chi connectivity index (χ3v) is 6.37. The predicted molar refractivity (Wildman–Crippen MR) is 141 cm³/mol. The topological polar surface area (TPSA) is 84.7 Å². The van der Waals surface area contributed by atoms with E-state index in [1.807, 2.05) is 65.6 Å². The summed E-state index contributed by atoms with van der Waals surface area (Å²) in [6, 6.07) is 25.7. The Kier molecular flexibility index (Phi) is 7.07. The molecule has 5 rings (SSSR count). The summed E-state index contributed by atoms with van der Waals surface area (Å²) < 4.78 is 7.44. The van der Waals surface area contributed by atoms with Crippen molar-refractivity contribution in [1.82, 2.24) is 14.7 Å². The van der Waals surface area contributed by atoms with Gasteiger partial charge in [-0.05, 0) is 23.8 Å². The van der Waals surface area contributed by atoms with Crippen molar-refractivity contribution in [3.63, 3.8) is 0 Å². The van der Waals surface area contributed by atoms with Crippen LogP contribution in [-0.2, 0) is 6.61 Å². The summed E-state index contributed by atoms with van der Waals surface area (Å²) in [4.78, 5) is 41.7. The Hall–Kier alpha value is -4.72. The largest absolute Gasteiger partial charge is 0.481 e. The van der Waals surface area contributed by atoms with Crippen molar-refractivity contribution in [3.05, 3.63) is 118 Å². The molecule has 0 spiro atoms. The maximum atomic E-state index is 13.5. The number of amides is 1. The van der Waals surface area contributed by atoms with Gasteiger partial charge in [-0.15, -0.1) is 0 Å². The van der Waals surface area contributed by atoms with Crippen LogP contribution < -0.4 is 15.2 Å². The summed E-state index contributed by atoms with van der Waals surface area (Å²) in [7, 11) is 0. The number of hydrogen-bond acceptors (Lipinski definition) is 6. The van der Waals surface area contributed by atoms with Gasteiger partial charge < -0.3 is 14.5 Å². The van der Waals surface area contributed by atoms with Crippen molar-refractivity contribution in [2.24, 2.45) is 0 Å². The lowest BCUT2D eigenvalue weighted by atomic mass is 10.1. The first kappa shape index (κ1) is 24.0. The normalized spacial score (nSPS) is 13.3. The fourth-order valence-corrected chi connectivity index (χ4v) is 4.39.